The van der Waals surface area contributed by atoms with Crippen LogP contribution in [0.5, 0.6) is 0 Å². The lowest BCUT2D eigenvalue weighted by Crippen LogP contribution is -2.43. The number of anilines is 1. The summed E-state index contributed by atoms with van der Waals surface area (Å²) in [6.07, 6.45) is 7.30. The first-order chi connectivity index (χ1) is 15.6. The fraction of sp³-hybridized carbons (Fsp3) is 0.208. The number of nitrogens with one attached hydrogen (secondary N) is 1. The van der Waals surface area contributed by atoms with Crippen LogP contribution >= 0.6 is 0 Å². The van der Waals surface area contributed by atoms with E-state index in [2.05, 4.69) is 20.3 Å². The highest BCUT2D eigenvalue weighted by molar-refractivity contribution is 6.08. The zero-order valence-corrected chi connectivity index (χ0v) is 17.4. The van der Waals surface area contributed by atoms with E-state index in [0.717, 1.165) is 16.8 Å². The van der Waals surface area contributed by atoms with Crippen molar-refractivity contribution in [2.45, 2.75) is 17.9 Å². The molecule has 32 heavy (non-hydrogen) atoms. The van der Waals surface area contributed by atoms with E-state index >= 15 is 0 Å². The fourth-order valence-corrected chi connectivity index (χ4v) is 5.17. The van der Waals surface area contributed by atoms with Crippen LogP contribution < -0.4 is 5.32 Å². The zero-order valence-electron chi connectivity index (χ0n) is 17.4. The maximum atomic E-state index is 13.8. The van der Waals surface area contributed by atoms with Gasteiger partial charge in [-0.15, -0.1) is 0 Å². The number of aromatic nitrogens is 4. The van der Waals surface area contributed by atoms with Crippen LogP contribution in [0.25, 0.3) is 11.0 Å². The van der Waals surface area contributed by atoms with Crippen molar-refractivity contribution in [1.29, 1.82) is 0 Å². The highest BCUT2D eigenvalue weighted by Gasteiger charge is 2.60. The summed E-state index contributed by atoms with van der Waals surface area (Å²) in [5.41, 5.74) is 2.73. The second-order valence-corrected chi connectivity index (χ2v) is 8.28. The zero-order chi connectivity index (χ0) is 21.9. The minimum absolute atomic E-state index is 0.0913. The maximum absolute atomic E-state index is 13.8. The van der Waals surface area contributed by atoms with Crippen molar-refractivity contribution in [3.63, 3.8) is 0 Å². The Morgan fingerprint density at radius 1 is 1.06 bits per heavy atom. The van der Waals surface area contributed by atoms with E-state index in [1.165, 1.54) is 0 Å². The smallest absolute Gasteiger partial charge is 0.254 e. The number of hydrogen-bond acceptors (Lipinski definition) is 5. The number of hydrogen-bond donors (Lipinski definition) is 1. The van der Waals surface area contributed by atoms with Gasteiger partial charge in [0.05, 0.1) is 11.0 Å². The van der Waals surface area contributed by atoms with E-state index in [-0.39, 0.29) is 11.8 Å². The van der Waals surface area contributed by atoms with Gasteiger partial charge in [0.25, 0.3) is 5.91 Å². The maximum Gasteiger partial charge on any atom is 0.254 e. The van der Waals surface area contributed by atoms with E-state index in [4.69, 9.17) is 0 Å². The van der Waals surface area contributed by atoms with Crippen molar-refractivity contribution in [3.05, 3.63) is 84.2 Å². The van der Waals surface area contributed by atoms with Crippen molar-refractivity contribution in [3.8, 4) is 0 Å². The number of imidazole rings is 1. The summed E-state index contributed by atoms with van der Waals surface area (Å²) >= 11 is 0. The molecular formula is C24H20N6O2. The van der Waals surface area contributed by atoms with Gasteiger partial charge in [-0.05, 0) is 36.2 Å². The van der Waals surface area contributed by atoms with Gasteiger partial charge in [0.1, 0.15) is 17.3 Å². The van der Waals surface area contributed by atoms with Crippen LogP contribution in [-0.4, -0.2) is 42.8 Å². The number of benzene rings is 2. The van der Waals surface area contributed by atoms with E-state index in [0.29, 0.717) is 29.9 Å². The largest absolute Gasteiger partial charge is 0.336 e. The standard InChI is InChI=1S/C24H20N6O2/c1-29-13-11-27-21(29)20-24(16-4-2-3-5-17(16)28-23(24)32)8-12-30(20)22(31)15-6-7-18-19(14-15)26-10-9-25-18/h2-7,9-11,13-14,20H,8,12H2,1H3,(H,28,32)/t20-,24+/m0/s1. The van der Waals surface area contributed by atoms with Gasteiger partial charge in [-0.2, -0.15) is 0 Å². The van der Waals surface area contributed by atoms with Crippen LogP contribution in [-0.2, 0) is 17.3 Å². The highest BCUT2D eigenvalue weighted by Crippen LogP contribution is 2.54. The third-order valence-corrected chi connectivity index (χ3v) is 6.67. The van der Waals surface area contributed by atoms with Gasteiger partial charge >= 0.3 is 0 Å². The number of carbonyl (C=O) groups excluding carboxylic acids is 2. The highest BCUT2D eigenvalue weighted by atomic mass is 16.2. The molecule has 2 aromatic carbocycles. The topological polar surface area (TPSA) is 93.0 Å². The van der Waals surface area contributed by atoms with Gasteiger partial charge in [-0.1, -0.05) is 18.2 Å². The van der Waals surface area contributed by atoms with Gasteiger partial charge in [0.2, 0.25) is 5.91 Å². The molecule has 1 N–H and O–H groups in total. The fourth-order valence-electron chi connectivity index (χ4n) is 5.17. The van der Waals surface area contributed by atoms with Gasteiger partial charge in [-0.3, -0.25) is 19.6 Å². The molecule has 8 nitrogen and oxygen atoms in total. The molecule has 4 aromatic rings. The van der Waals surface area contributed by atoms with Gasteiger partial charge in [0, 0.05) is 49.6 Å². The molecule has 2 aliphatic rings. The lowest BCUT2D eigenvalue weighted by Gasteiger charge is -2.33. The molecule has 2 atom stereocenters. The second-order valence-electron chi connectivity index (χ2n) is 8.28. The number of rotatable bonds is 2. The first kappa shape index (κ1) is 18.7. The Morgan fingerprint density at radius 2 is 1.88 bits per heavy atom. The molecule has 0 bridgehead atoms. The van der Waals surface area contributed by atoms with Crippen molar-refractivity contribution >= 4 is 28.5 Å². The van der Waals surface area contributed by atoms with Crippen LogP contribution in [0, 0.1) is 0 Å². The number of para-hydroxylation sites is 1. The average Bonchev–Trinajstić information content (AvgIpc) is 3.49. The molecular weight excluding hydrogens is 404 g/mol. The Balaban J connectivity index is 1.50. The monoisotopic (exact) mass is 424 g/mol. The predicted octanol–water partition coefficient (Wildman–Crippen LogP) is 2.84. The predicted molar refractivity (Wildman–Crippen MR) is 118 cm³/mol. The molecule has 8 heteroatoms. The minimum Gasteiger partial charge on any atom is -0.336 e. The van der Waals surface area contributed by atoms with E-state index in [1.54, 1.807) is 41.7 Å². The molecule has 4 heterocycles. The van der Waals surface area contributed by atoms with Crippen molar-refractivity contribution in [1.82, 2.24) is 24.4 Å². The molecule has 1 saturated heterocycles. The molecule has 0 unspecified atom stereocenters. The third-order valence-electron chi connectivity index (χ3n) is 6.67. The molecule has 0 saturated carbocycles. The van der Waals surface area contributed by atoms with E-state index in [9.17, 15) is 9.59 Å². The lowest BCUT2D eigenvalue weighted by atomic mass is 9.74. The number of nitrogens with zero attached hydrogens (tertiary/aromatic N) is 5. The van der Waals surface area contributed by atoms with Crippen LogP contribution in [0.15, 0.2) is 67.3 Å². The summed E-state index contributed by atoms with van der Waals surface area (Å²) in [6.45, 7) is 0.441. The molecule has 158 valence electrons. The van der Waals surface area contributed by atoms with E-state index in [1.807, 2.05) is 42.1 Å². The Kier molecular flexibility index (Phi) is 3.92. The summed E-state index contributed by atoms with van der Waals surface area (Å²) in [7, 11) is 1.89. The molecule has 1 spiro atoms. The summed E-state index contributed by atoms with van der Waals surface area (Å²) < 4.78 is 1.89. The Hall–Kier alpha value is -4.07. The summed E-state index contributed by atoms with van der Waals surface area (Å²) in [5.74, 6) is 0.439. The van der Waals surface area contributed by atoms with Gasteiger partial charge in [0.15, 0.2) is 0 Å². The lowest BCUT2D eigenvalue weighted by molar-refractivity contribution is -0.121. The normalized spacial score (nSPS) is 21.8. The van der Waals surface area contributed by atoms with Crippen LogP contribution in [0.3, 0.4) is 0 Å². The molecule has 2 aromatic heterocycles. The number of likely N-dealkylation sites (tertiary alicyclic amines) is 1. The number of aryl methyl sites for hydroxylation is 1. The van der Waals surface area contributed by atoms with Gasteiger partial charge in [-0.25, -0.2) is 4.98 Å². The van der Waals surface area contributed by atoms with Crippen molar-refractivity contribution in [2.75, 3.05) is 11.9 Å². The SMILES string of the molecule is Cn1ccnc1[C@@H]1N(C(=O)c2ccc3nccnc3c2)CC[C@]12C(=O)Nc1ccccc12. The van der Waals surface area contributed by atoms with Crippen molar-refractivity contribution < 1.29 is 9.59 Å². The average molecular weight is 424 g/mol. The third kappa shape index (κ3) is 2.46. The Morgan fingerprint density at radius 3 is 2.69 bits per heavy atom. The first-order valence-corrected chi connectivity index (χ1v) is 10.5. The molecule has 2 amide bonds. The molecule has 6 rings (SSSR count). The van der Waals surface area contributed by atoms with Crippen LogP contribution in [0.4, 0.5) is 5.69 Å². The van der Waals surface area contributed by atoms with Crippen LogP contribution in [0.2, 0.25) is 0 Å². The molecule has 1 fully saturated rings. The molecule has 0 radical (unpaired) electrons. The van der Waals surface area contributed by atoms with E-state index < -0.39 is 11.5 Å². The summed E-state index contributed by atoms with van der Waals surface area (Å²) in [6, 6.07) is 12.5. The quantitative estimate of drug-likeness (QED) is 0.534. The van der Waals surface area contributed by atoms with Crippen molar-refractivity contribution in [2.24, 2.45) is 7.05 Å². The second kappa shape index (κ2) is 6.71. The number of fused-ring (bicyclic) bond motifs is 3. The Labute approximate surface area is 183 Å². The molecule has 2 aliphatic heterocycles. The van der Waals surface area contributed by atoms with Crippen LogP contribution in [0.1, 0.15) is 34.2 Å². The Bertz CT molecular complexity index is 1400. The van der Waals surface area contributed by atoms with Gasteiger partial charge < -0.3 is 14.8 Å². The summed E-state index contributed by atoms with van der Waals surface area (Å²) in [5, 5.41) is 3.03. The number of carbonyl (C=O) groups is 2. The number of amides is 2. The molecule has 0 aliphatic carbocycles. The first-order valence-electron chi connectivity index (χ1n) is 10.5. The minimum atomic E-state index is -0.887. The summed E-state index contributed by atoms with van der Waals surface area (Å²) in [4.78, 5) is 42.2.